The van der Waals surface area contributed by atoms with Gasteiger partial charge in [0.25, 0.3) is 0 Å². The van der Waals surface area contributed by atoms with Gasteiger partial charge in [-0.25, -0.2) is 0 Å². The highest BCUT2D eigenvalue weighted by Gasteiger charge is 2.16. The van der Waals surface area contributed by atoms with E-state index in [1.54, 1.807) is 0 Å². The quantitative estimate of drug-likeness (QED) is 0.477. The molecule has 1 atom stereocenters. The minimum Gasteiger partial charge on any atom is -0.481 e. The Bertz CT molecular complexity index is 199. The summed E-state index contributed by atoms with van der Waals surface area (Å²) in [4.78, 5) is 20.2. The molecule has 0 saturated heterocycles. The van der Waals surface area contributed by atoms with E-state index in [9.17, 15) is 9.59 Å². The van der Waals surface area contributed by atoms with Gasteiger partial charge in [0.1, 0.15) is 6.04 Å². The van der Waals surface area contributed by atoms with Crippen molar-refractivity contribution in [3.05, 3.63) is 12.2 Å². The highest BCUT2D eigenvalue weighted by molar-refractivity contribution is 5.80. The van der Waals surface area contributed by atoms with Crippen LogP contribution in [0.25, 0.3) is 0 Å². The first-order valence-electron chi connectivity index (χ1n) is 2.83. The zero-order valence-corrected chi connectivity index (χ0v) is 5.78. The van der Waals surface area contributed by atoms with E-state index in [4.69, 9.17) is 15.9 Å². The lowest BCUT2D eigenvalue weighted by molar-refractivity contribution is -0.138. The first-order valence-corrected chi connectivity index (χ1v) is 2.83. The highest BCUT2D eigenvalue weighted by atomic mass is 16.4. The van der Waals surface area contributed by atoms with Gasteiger partial charge in [0.2, 0.25) is 0 Å². The molecule has 0 amide bonds. The molecule has 62 valence electrons. The van der Waals surface area contributed by atoms with Crippen LogP contribution in [0.2, 0.25) is 0 Å². The SMILES string of the molecule is C=C(CC(=O)O)C(N)C(=O)O. The molecule has 0 heterocycles. The fourth-order valence-electron chi connectivity index (χ4n) is 0.479. The molecule has 11 heavy (non-hydrogen) atoms. The monoisotopic (exact) mass is 159 g/mol. The van der Waals surface area contributed by atoms with Gasteiger partial charge in [-0.05, 0) is 5.57 Å². The van der Waals surface area contributed by atoms with Crippen LogP contribution in [-0.2, 0) is 9.59 Å². The van der Waals surface area contributed by atoms with Gasteiger partial charge in [0, 0.05) is 0 Å². The fourth-order valence-corrected chi connectivity index (χ4v) is 0.479. The smallest absolute Gasteiger partial charge is 0.324 e. The molecule has 0 aromatic heterocycles. The van der Waals surface area contributed by atoms with Gasteiger partial charge >= 0.3 is 11.9 Å². The minimum absolute atomic E-state index is 0.00926. The second kappa shape index (κ2) is 3.72. The van der Waals surface area contributed by atoms with E-state index in [0.29, 0.717) is 0 Å². The number of aliphatic carboxylic acids is 2. The van der Waals surface area contributed by atoms with Gasteiger partial charge in [-0.3, -0.25) is 9.59 Å². The van der Waals surface area contributed by atoms with Gasteiger partial charge in [0.15, 0.2) is 0 Å². The molecule has 0 aromatic rings. The van der Waals surface area contributed by atoms with Gasteiger partial charge in [-0.15, -0.1) is 0 Å². The van der Waals surface area contributed by atoms with Crippen molar-refractivity contribution in [1.82, 2.24) is 0 Å². The van der Waals surface area contributed by atoms with Crippen molar-refractivity contribution >= 4 is 11.9 Å². The highest BCUT2D eigenvalue weighted by Crippen LogP contribution is 2.02. The molecular formula is C6H9NO4. The molecule has 0 aliphatic carbocycles. The second-order valence-corrected chi connectivity index (χ2v) is 2.04. The van der Waals surface area contributed by atoms with E-state index in [1.165, 1.54) is 0 Å². The standard InChI is InChI=1S/C6H9NO4/c1-3(2-4(8)9)5(7)6(10)11/h5H,1-2,7H2,(H,8,9)(H,10,11). The zero-order valence-electron chi connectivity index (χ0n) is 5.78. The summed E-state index contributed by atoms with van der Waals surface area (Å²) in [6.45, 7) is 3.23. The summed E-state index contributed by atoms with van der Waals surface area (Å²) in [5, 5.41) is 16.5. The summed E-state index contributed by atoms with van der Waals surface area (Å²) in [6.07, 6.45) is -0.409. The van der Waals surface area contributed by atoms with Crippen LogP contribution in [0.15, 0.2) is 12.2 Å². The predicted molar refractivity (Wildman–Crippen MR) is 37.0 cm³/mol. The molecular weight excluding hydrogens is 150 g/mol. The van der Waals surface area contributed by atoms with Gasteiger partial charge in [-0.2, -0.15) is 0 Å². The number of rotatable bonds is 4. The Kier molecular flexibility index (Phi) is 3.26. The number of nitrogens with two attached hydrogens (primary N) is 1. The average molecular weight is 159 g/mol. The summed E-state index contributed by atoms with van der Waals surface area (Å²) in [5.74, 6) is -2.40. The van der Waals surface area contributed by atoms with Crippen molar-refractivity contribution in [2.75, 3.05) is 0 Å². The number of hydrogen-bond acceptors (Lipinski definition) is 3. The normalized spacial score (nSPS) is 12.1. The van der Waals surface area contributed by atoms with Crippen molar-refractivity contribution in [2.24, 2.45) is 5.73 Å². The molecule has 0 aromatic carbocycles. The third kappa shape index (κ3) is 3.36. The van der Waals surface area contributed by atoms with E-state index < -0.39 is 24.4 Å². The average Bonchev–Trinajstić information content (AvgIpc) is 1.84. The molecule has 1 unspecified atom stereocenters. The summed E-state index contributed by atoms with van der Waals surface area (Å²) in [6, 6.07) is -1.29. The lowest BCUT2D eigenvalue weighted by atomic mass is 10.1. The van der Waals surface area contributed by atoms with Gasteiger partial charge in [-0.1, -0.05) is 6.58 Å². The van der Waals surface area contributed by atoms with Crippen LogP contribution in [0.1, 0.15) is 6.42 Å². The van der Waals surface area contributed by atoms with Crippen LogP contribution in [0, 0.1) is 0 Å². The molecule has 0 aliphatic rings. The molecule has 0 fully saturated rings. The summed E-state index contributed by atoms with van der Waals surface area (Å²) in [5.41, 5.74) is 5.04. The van der Waals surface area contributed by atoms with Crippen molar-refractivity contribution in [2.45, 2.75) is 12.5 Å². The Morgan fingerprint density at radius 3 is 2.18 bits per heavy atom. The molecule has 0 saturated carbocycles. The molecule has 0 bridgehead atoms. The summed E-state index contributed by atoms with van der Waals surface area (Å²) in [7, 11) is 0. The van der Waals surface area contributed by atoms with Crippen LogP contribution in [-0.4, -0.2) is 28.2 Å². The first kappa shape index (κ1) is 9.64. The van der Waals surface area contributed by atoms with Crippen molar-refractivity contribution in [3.63, 3.8) is 0 Å². The number of carbonyl (C=O) groups is 2. The Labute approximate surface area is 63.1 Å². The Morgan fingerprint density at radius 2 is 1.91 bits per heavy atom. The minimum atomic E-state index is -1.29. The Balaban J connectivity index is 4.04. The maximum absolute atomic E-state index is 10.1. The molecule has 0 radical (unpaired) electrons. The van der Waals surface area contributed by atoms with Crippen molar-refractivity contribution < 1.29 is 19.8 Å². The first-order chi connectivity index (χ1) is 4.95. The third-order valence-corrected chi connectivity index (χ3v) is 1.08. The van der Waals surface area contributed by atoms with Crippen LogP contribution in [0.5, 0.6) is 0 Å². The predicted octanol–water partition coefficient (Wildman–Crippen LogP) is -0.571. The van der Waals surface area contributed by atoms with Crippen LogP contribution >= 0.6 is 0 Å². The third-order valence-electron chi connectivity index (χ3n) is 1.08. The van der Waals surface area contributed by atoms with E-state index in [1.807, 2.05) is 0 Å². The lowest BCUT2D eigenvalue weighted by Crippen LogP contribution is -2.32. The van der Waals surface area contributed by atoms with E-state index in [0.717, 1.165) is 0 Å². The van der Waals surface area contributed by atoms with Crippen molar-refractivity contribution in [1.29, 1.82) is 0 Å². The molecule has 4 N–H and O–H groups in total. The molecule has 5 nitrogen and oxygen atoms in total. The molecule has 5 heteroatoms. The van der Waals surface area contributed by atoms with Gasteiger partial charge < -0.3 is 15.9 Å². The number of carboxylic acids is 2. The van der Waals surface area contributed by atoms with Crippen LogP contribution in [0.4, 0.5) is 0 Å². The topological polar surface area (TPSA) is 101 Å². The molecule has 0 spiro atoms. The largest absolute Gasteiger partial charge is 0.481 e. The zero-order chi connectivity index (χ0) is 9.02. The maximum atomic E-state index is 10.1. The van der Waals surface area contributed by atoms with Gasteiger partial charge in [0.05, 0.1) is 6.42 Å². The Hall–Kier alpha value is -1.36. The summed E-state index contributed by atoms with van der Waals surface area (Å²) >= 11 is 0. The Morgan fingerprint density at radius 1 is 1.45 bits per heavy atom. The molecule has 0 aliphatic heterocycles. The summed E-state index contributed by atoms with van der Waals surface area (Å²) < 4.78 is 0. The second-order valence-electron chi connectivity index (χ2n) is 2.04. The van der Waals surface area contributed by atoms with E-state index in [-0.39, 0.29) is 5.57 Å². The van der Waals surface area contributed by atoms with Crippen LogP contribution < -0.4 is 5.73 Å². The fraction of sp³-hybridized carbons (Fsp3) is 0.333. The van der Waals surface area contributed by atoms with E-state index >= 15 is 0 Å². The lowest BCUT2D eigenvalue weighted by Gasteiger charge is -2.06. The molecule has 0 rings (SSSR count). The van der Waals surface area contributed by atoms with Crippen molar-refractivity contribution in [3.8, 4) is 0 Å². The maximum Gasteiger partial charge on any atom is 0.324 e. The number of hydrogen-bond donors (Lipinski definition) is 3. The van der Waals surface area contributed by atoms with E-state index in [2.05, 4.69) is 6.58 Å². The number of carboxylic acid groups (broad SMARTS) is 2. The van der Waals surface area contributed by atoms with Crippen LogP contribution in [0.3, 0.4) is 0 Å².